The van der Waals surface area contributed by atoms with Crippen LogP contribution in [0.1, 0.15) is 26.7 Å². The zero-order valence-electron chi connectivity index (χ0n) is 18.0. The zero-order valence-corrected chi connectivity index (χ0v) is 19.6. The summed E-state index contributed by atoms with van der Waals surface area (Å²) in [7, 11) is -3.59. The minimum absolute atomic E-state index is 0.169. The highest BCUT2D eigenvalue weighted by Crippen LogP contribution is 2.29. The Labute approximate surface area is 191 Å². The summed E-state index contributed by atoms with van der Waals surface area (Å²) in [5, 5.41) is 5.86. The molecular weight excluding hydrogens is 455 g/mol. The van der Waals surface area contributed by atoms with E-state index in [1.165, 1.54) is 33.5 Å². The minimum atomic E-state index is -3.59. The van der Waals surface area contributed by atoms with E-state index >= 15 is 0 Å². The molecule has 0 aliphatic carbocycles. The van der Waals surface area contributed by atoms with E-state index in [2.05, 4.69) is 10.6 Å². The molecule has 174 valence electrons. The molecule has 2 N–H and O–H groups in total. The van der Waals surface area contributed by atoms with E-state index in [0.717, 1.165) is 11.3 Å². The molecule has 1 aromatic heterocycles. The molecule has 11 heteroatoms. The Bertz CT molecular complexity index is 1070. The topological polar surface area (TPSA) is 98.8 Å². The summed E-state index contributed by atoms with van der Waals surface area (Å²) in [6, 6.07) is 8.33. The number of thiophene rings is 1. The number of anilines is 2. The number of halogens is 1. The van der Waals surface area contributed by atoms with Gasteiger partial charge in [-0.05, 0) is 43.2 Å². The third-order valence-electron chi connectivity index (χ3n) is 5.28. The lowest BCUT2D eigenvalue weighted by molar-refractivity contribution is -0.121. The van der Waals surface area contributed by atoms with Gasteiger partial charge in [-0.25, -0.2) is 17.6 Å². The van der Waals surface area contributed by atoms with Crippen molar-refractivity contribution in [2.24, 2.45) is 5.92 Å². The number of amides is 3. The van der Waals surface area contributed by atoms with Crippen molar-refractivity contribution in [3.63, 3.8) is 0 Å². The van der Waals surface area contributed by atoms with Gasteiger partial charge in [-0.15, -0.1) is 11.3 Å². The monoisotopic (exact) mass is 482 g/mol. The lowest BCUT2D eigenvalue weighted by Gasteiger charge is -2.31. The fraction of sp³-hybridized carbons (Fsp3) is 0.429. The first-order valence-electron chi connectivity index (χ1n) is 10.5. The van der Waals surface area contributed by atoms with Gasteiger partial charge in [0.2, 0.25) is 5.91 Å². The Morgan fingerprint density at radius 1 is 1.19 bits per heavy atom. The average Bonchev–Trinajstić information content (AvgIpc) is 3.24. The van der Waals surface area contributed by atoms with Gasteiger partial charge in [-0.2, -0.15) is 4.31 Å². The van der Waals surface area contributed by atoms with Crippen molar-refractivity contribution in [2.45, 2.75) is 30.9 Å². The average molecular weight is 483 g/mol. The van der Waals surface area contributed by atoms with E-state index in [4.69, 9.17) is 0 Å². The van der Waals surface area contributed by atoms with E-state index in [0.29, 0.717) is 43.2 Å². The maximum Gasteiger partial charge on any atom is 0.322 e. The highest BCUT2D eigenvalue weighted by Gasteiger charge is 2.29. The van der Waals surface area contributed by atoms with Gasteiger partial charge in [0.1, 0.15) is 10.0 Å². The Balaban J connectivity index is 1.61. The third-order valence-corrected chi connectivity index (χ3v) is 8.80. The van der Waals surface area contributed by atoms with Crippen molar-refractivity contribution < 1.29 is 22.4 Å². The highest BCUT2D eigenvalue weighted by molar-refractivity contribution is 7.91. The van der Waals surface area contributed by atoms with Crippen LogP contribution < -0.4 is 10.6 Å². The van der Waals surface area contributed by atoms with Crippen molar-refractivity contribution >= 4 is 44.0 Å². The van der Waals surface area contributed by atoms with Gasteiger partial charge in [0.25, 0.3) is 10.0 Å². The number of nitrogens with one attached hydrogen (secondary N) is 2. The molecule has 1 fully saturated rings. The molecular formula is C21H27FN4O4S2. The summed E-state index contributed by atoms with van der Waals surface area (Å²) < 4.78 is 40.1. The van der Waals surface area contributed by atoms with Crippen LogP contribution in [0, 0.1) is 11.7 Å². The molecule has 1 aliphatic rings. The van der Waals surface area contributed by atoms with Crippen LogP contribution in [0.25, 0.3) is 0 Å². The third kappa shape index (κ3) is 5.64. The lowest BCUT2D eigenvalue weighted by atomic mass is 9.97. The number of sulfonamides is 1. The molecule has 2 heterocycles. The number of rotatable bonds is 7. The van der Waals surface area contributed by atoms with E-state index in [-0.39, 0.29) is 22.7 Å². The second kappa shape index (κ2) is 10.4. The van der Waals surface area contributed by atoms with Gasteiger partial charge in [-0.1, -0.05) is 19.9 Å². The normalized spacial score (nSPS) is 16.8. The molecule has 0 bridgehead atoms. The van der Waals surface area contributed by atoms with Crippen molar-refractivity contribution in [1.82, 2.24) is 9.21 Å². The number of hydrogen-bond donors (Lipinski definition) is 2. The maximum atomic E-state index is 13.3. The number of urea groups is 1. The summed E-state index contributed by atoms with van der Waals surface area (Å²) >= 11 is 0.998. The van der Waals surface area contributed by atoms with Crippen LogP contribution in [0.15, 0.2) is 40.6 Å². The van der Waals surface area contributed by atoms with Gasteiger partial charge in [-0.3, -0.25) is 10.1 Å². The number of hydrogen-bond acceptors (Lipinski definition) is 5. The molecule has 1 atom stereocenters. The maximum absolute atomic E-state index is 13.3. The van der Waals surface area contributed by atoms with E-state index in [9.17, 15) is 22.4 Å². The molecule has 0 radical (unpaired) electrons. The second-order valence-corrected chi connectivity index (χ2v) is 10.7. The lowest BCUT2D eigenvalue weighted by Crippen LogP contribution is -2.45. The van der Waals surface area contributed by atoms with Crippen LogP contribution in [-0.2, 0) is 14.8 Å². The van der Waals surface area contributed by atoms with Gasteiger partial charge < -0.3 is 10.2 Å². The molecule has 0 saturated carbocycles. The largest absolute Gasteiger partial charge is 0.326 e. The predicted octanol–water partition coefficient (Wildman–Crippen LogP) is 3.80. The van der Waals surface area contributed by atoms with E-state index in [1.54, 1.807) is 26.0 Å². The van der Waals surface area contributed by atoms with Crippen molar-refractivity contribution in [2.75, 3.05) is 36.8 Å². The minimum Gasteiger partial charge on any atom is -0.326 e. The predicted molar refractivity (Wildman–Crippen MR) is 123 cm³/mol. The number of likely N-dealkylation sites (tertiary alicyclic amines) is 1. The van der Waals surface area contributed by atoms with E-state index < -0.39 is 21.8 Å². The number of piperidine rings is 1. The molecule has 0 spiro atoms. The summed E-state index contributed by atoms with van der Waals surface area (Å²) in [4.78, 5) is 26.8. The van der Waals surface area contributed by atoms with Crippen LogP contribution in [0.3, 0.4) is 0 Å². The Morgan fingerprint density at radius 3 is 2.62 bits per heavy atom. The number of benzene rings is 1. The van der Waals surface area contributed by atoms with Crippen molar-refractivity contribution in [3.8, 4) is 0 Å². The molecule has 32 heavy (non-hydrogen) atoms. The first-order valence-corrected chi connectivity index (χ1v) is 12.7. The van der Waals surface area contributed by atoms with Crippen LogP contribution in [0.4, 0.5) is 19.9 Å². The van der Waals surface area contributed by atoms with Crippen LogP contribution in [0.2, 0.25) is 0 Å². The molecule has 2 aromatic rings. The number of nitrogens with zero attached hydrogens (tertiary/aromatic N) is 2. The van der Waals surface area contributed by atoms with Crippen molar-refractivity contribution in [1.29, 1.82) is 0 Å². The van der Waals surface area contributed by atoms with Crippen LogP contribution >= 0.6 is 11.3 Å². The van der Waals surface area contributed by atoms with Crippen LogP contribution in [0.5, 0.6) is 0 Å². The molecule has 1 aliphatic heterocycles. The van der Waals surface area contributed by atoms with Gasteiger partial charge in [0.05, 0.1) is 10.9 Å². The van der Waals surface area contributed by atoms with Gasteiger partial charge in [0.15, 0.2) is 0 Å². The first kappa shape index (κ1) is 24.1. The molecule has 8 nitrogen and oxygen atoms in total. The molecule has 3 rings (SSSR count). The molecule has 0 unspecified atom stereocenters. The SMILES string of the molecule is CCN(CC)S(=O)(=O)c1ccc(NC(=O)N2CCC[C@@H](C(=O)Nc3cccc(F)c3)C2)s1. The number of carbonyl (C=O) groups is 2. The standard InChI is InChI=1S/C21H27FN4O4S2/c1-3-26(4-2)32(29,30)19-11-10-18(31-19)24-21(28)25-12-6-7-15(14-25)20(27)23-17-9-5-8-16(22)13-17/h5,8-11,13,15H,3-4,6-7,12,14H2,1-2H3,(H,23,27)(H,24,28)/t15-/m1/s1. The Hall–Kier alpha value is -2.50. The second-order valence-electron chi connectivity index (χ2n) is 7.42. The van der Waals surface area contributed by atoms with Gasteiger partial charge >= 0.3 is 6.03 Å². The summed E-state index contributed by atoms with van der Waals surface area (Å²) in [6.45, 7) is 4.99. The van der Waals surface area contributed by atoms with E-state index in [1.807, 2.05) is 0 Å². The summed E-state index contributed by atoms with van der Waals surface area (Å²) in [5.74, 6) is -1.12. The zero-order chi connectivity index (χ0) is 23.3. The molecule has 1 saturated heterocycles. The Morgan fingerprint density at radius 2 is 1.94 bits per heavy atom. The Kier molecular flexibility index (Phi) is 7.86. The summed E-state index contributed by atoms with van der Waals surface area (Å²) in [6.07, 6.45) is 1.27. The summed E-state index contributed by atoms with van der Waals surface area (Å²) in [5.41, 5.74) is 0.372. The first-order chi connectivity index (χ1) is 15.2. The quantitative estimate of drug-likeness (QED) is 0.627. The highest BCUT2D eigenvalue weighted by atomic mass is 32.2. The van der Waals surface area contributed by atoms with Gasteiger partial charge in [0, 0.05) is 31.9 Å². The molecule has 3 amide bonds. The smallest absolute Gasteiger partial charge is 0.322 e. The van der Waals surface area contributed by atoms with Crippen molar-refractivity contribution in [3.05, 3.63) is 42.2 Å². The fourth-order valence-electron chi connectivity index (χ4n) is 3.59. The molecule has 1 aromatic carbocycles. The van der Waals surface area contributed by atoms with Crippen LogP contribution in [-0.4, -0.2) is 55.7 Å². The fourth-order valence-corrected chi connectivity index (χ4v) is 6.40. The number of carbonyl (C=O) groups excluding carboxylic acids is 2.